The van der Waals surface area contributed by atoms with E-state index >= 15 is 0 Å². The zero-order chi connectivity index (χ0) is 10.5. The number of rotatable bonds is 6. The molecule has 1 atom stereocenters. The number of nitrogens with two attached hydrogens (primary N) is 1. The second-order valence-corrected chi connectivity index (χ2v) is 3.80. The Bertz CT molecular complexity index is 67.5. The summed E-state index contributed by atoms with van der Waals surface area (Å²) in [7, 11) is 0. The molecular formula is C12H29N. The highest BCUT2D eigenvalue weighted by Crippen LogP contribution is 2.02. The monoisotopic (exact) mass is 187 g/mol. The summed E-state index contributed by atoms with van der Waals surface area (Å²) in [5.41, 5.74) is 5.30. The zero-order valence-electron chi connectivity index (χ0n) is 10.1. The van der Waals surface area contributed by atoms with Crippen LogP contribution in [0.2, 0.25) is 0 Å². The van der Waals surface area contributed by atoms with Gasteiger partial charge in [-0.25, -0.2) is 0 Å². The van der Waals surface area contributed by atoms with E-state index in [0.29, 0.717) is 0 Å². The molecule has 0 heterocycles. The molecule has 0 aromatic rings. The lowest BCUT2D eigenvalue weighted by Gasteiger charge is -2.02. The van der Waals surface area contributed by atoms with Gasteiger partial charge in [0.25, 0.3) is 0 Å². The topological polar surface area (TPSA) is 26.0 Å². The molecule has 0 saturated heterocycles. The first-order valence-corrected chi connectivity index (χ1v) is 5.92. The maximum absolute atomic E-state index is 5.30. The lowest BCUT2D eigenvalue weighted by Crippen LogP contribution is -2.04. The molecule has 0 fully saturated rings. The molecule has 0 radical (unpaired) electrons. The van der Waals surface area contributed by atoms with Gasteiger partial charge in [0.1, 0.15) is 0 Å². The summed E-state index contributed by atoms with van der Waals surface area (Å²) < 4.78 is 0. The molecular weight excluding hydrogens is 158 g/mol. The van der Waals surface area contributed by atoms with Crippen LogP contribution >= 0.6 is 0 Å². The van der Waals surface area contributed by atoms with Crippen LogP contribution in [0.5, 0.6) is 0 Å². The van der Waals surface area contributed by atoms with Crippen molar-refractivity contribution in [2.45, 2.75) is 66.2 Å². The third-order valence-corrected chi connectivity index (χ3v) is 2.31. The molecule has 0 aromatic carbocycles. The molecule has 0 saturated carbocycles. The van der Waals surface area contributed by atoms with Gasteiger partial charge in [0.15, 0.2) is 0 Å². The molecule has 1 unspecified atom stereocenters. The fourth-order valence-electron chi connectivity index (χ4n) is 0.989. The van der Waals surface area contributed by atoms with Gasteiger partial charge in [0.05, 0.1) is 0 Å². The van der Waals surface area contributed by atoms with E-state index in [0.717, 1.165) is 12.5 Å². The Balaban J connectivity index is 0. The minimum atomic E-state index is 0.824. The van der Waals surface area contributed by atoms with Crippen LogP contribution in [0.25, 0.3) is 0 Å². The van der Waals surface area contributed by atoms with Crippen LogP contribution in [0.3, 0.4) is 0 Å². The van der Waals surface area contributed by atoms with Crippen molar-refractivity contribution in [3.63, 3.8) is 0 Å². The summed E-state index contributed by atoms with van der Waals surface area (Å²) in [6.07, 6.45) is 7.97. The van der Waals surface area contributed by atoms with Crippen molar-refractivity contribution in [2.75, 3.05) is 6.54 Å². The molecule has 0 spiro atoms. The molecule has 13 heavy (non-hydrogen) atoms. The van der Waals surface area contributed by atoms with Gasteiger partial charge in [-0.15, -0.1) is 0 Å². The SMILES string of the molecule is CCC(C)CCN.CCCCCC. The second kappa shape index (κ2) is 14.5. The molecule has 0 aromatic heterocycles. The van der Waals surface area contributed by atoms with Gasteiger partial charge in [-0.3, -0.25) is 0 Å². The molecule has 0 amide bonds. The fourth-order valence-corrected chi connectivity index (χ4v) is 0.989. The van der Waals surface area contributed by atoms with Crippen molar-refractivity contribution in [3.8, 4) is 0 Å². The highest BCUT2D eigenvalue weighted by Gasteiger charge is 1.92. The molecule has 0 bridgehead atoms. The first-order chi connectivity index (χ1) is 6.22. The normalized spacial score (nSPS) is 11.8. The number of unbranched alkanes of at least 4 members (excludes halogenated alkanes) is 3. The Labute approximate surface area is 85.1 Å². The van der Waals surface area contributed by atoms with E-state index in [1.807, 2.05) is 0 Å². The summed E-state index contributed by atoms with van der Waals surface area (Å²) >= 11 is 0. The van der Waals surface area contributed by atoms with E-state index in [1.165, 1.54) is 38.5 Å². The average Bonchev–Trinajstić information content (AvgIpc) is 2.16. The van der Waals surface area contributed by atoms with Crippen LogP contribution < -0.4 is 5.73 Å². The molecule has 1 heteroatoms. The molecule has 2 N–H and O–H groups in total. The van der Waals surface area contributed by atoms with E-state index in [1.54, 1.807) is 0 Å². The Morgan fingerprint density at radius 2 is 1.46 bits per heavy atom. The van der Waals surface area contributed by atoms with Crippen molar-refractivity contribution in [1.29, 1.82) is 0 Å². The first kappa shape index (κ1) is 15.4. The van der Waals surface area contributed by atoms with Crippen LogP contribution in [0, 0.1) is 5.92 Å². The quantitative estimate of drug-likeness (QED) is 0.626. The minimum absolute atomic E-state index is 0.824. The van der Waals surface area contributed by atoms with E-state index < -0.39 is 0 Å². The lowest BCUT2D eigenvalue weighted by atomic mass is 10.1. The largest absolute Gasteiger partial charge is 0.330 e. The Kier molecular flexibility index (Phi) is 17.2. The lowest BCUT2D eigenvalue weighted by molar-refractivity contribution is 0.524. The van der Waals surface area contributed by atoms with Crippen LogP contribution in [0.4, 0.5) is 0 Å². The fraction of sp³-hybridized carbons (Fsp3) is 1.00. The first-order valence-electron chi connectivity index (χ1n) is 5.92. The maximum atomic E-state index is 5.30. The number of hydrogen-bond acceptors (Lipinski definition) is 1. The molecule has 0 aliphatic heterocycles. The highest BCUT2D eigenvalue weighted by atomic mass is 14.5. The molecule has 0 aliphatic carbocycles. The summed E-state index contributed by atoms with van der Waals surface area (Å²) in [5.74, 6) is 0.824. The highest BCUT2D eigenvalue weighted by molar-refractivity contribution is 4.48. The molecule has 0 rings (SSSR count). The third kappa shape index (κ3) is 18.7. The van der Waals surface area contributed by atoms with E-state index in [2.05, 4.69) is 27.7 Å². The van der Waals surface area contributed by atoms with Crippen molar-refractivity contribution >= 4 is 0 Å². The third-order valence-electron chi connectivity index (χ3n) is 2.31. The van der Waals surface area contributed by atoms with Crippen LogP contribution in [0.1, 0.15) is 66.2 Å². The van der Waals surface area contributed by atoms with Gasteiger partial charge in [0.2, 0.25) is 0 Å². The van der Waals surface area contributed by atoms with E-state index in [9.17, 15) is 0 Å². The summed E-state index contributed by atoms with van der Waals surface area (Å²) in [5, 5.41) is 0. The van der Waals surface area contributed by atoms with Crippen LogP contribution in [-0.4, -0.2) is 6.54 Å². The predicted molar refractivity (Wildman–Crippen MR) is 62.9 cm³/mol. The standard InChI is InChI=1S/C6H15N.C6H14/c1-3-6(2)4-5-7;1-3-5-6-4-2/h6H,3-5,7H2,1-2H3;3-6H2,1-2H3. The van der Waals surface area contributed by atoms with E-state index in [4.69, 9.17) is 5.73 Å². The minimum Gasteiger partial charge on any atom is -0.330 e. The smallest absolute Gasteiger partial charge is 0.00747 e. The van der Waals surface area contributed by atoms with Crippen LogP contribution in [0.15, 0.2) is 0 Å². The maximum Gasteiger partial charge on any atom is -0.00747 e. The van der Waals surface area contributed by atoms with Gasteiger partial charge >= 0.3 is 0 Å². The van der Waals surface area contributed by atoms with Crippen molar-refractivity contribution in [2.24, 2.45) is 11.7 Å². The average molecular weight is 187 g/mol. The van der Waals surface area contributed by atoms with Crippen molar-refractivity contribution in [3.05, 3.63) is 0 Å². The molecule has 1 nitrogen and oxygen atoms in total. The van der Waals surface area contributed by atoms with Gasteiger partial charge in [-0.05, 0) is 18.9 Å². The Morgan fingerprint density at radius 1 is 1.00 bits per heavy atom. The van der Waals surface area contributed by atoms with Crippen LogP contribution in [-0.2, 0) is 0 Å². The van der Waals surface area contributed by atoms with Crippen molar-refractivity contribution < 1.29 is 0 Å². The zero-order valence-corrected chi connectivity index (χ0v) is 10.1. The molecule has 0 aliphatic rings. The van der Waals surface area contributed by atoms with E-state index in [-0.39, 0.29) is 0 Å². The predicted octanol–water partition coefficient (Wildman–Crippen LogP) is 3.97. The second-order valence-electron chi connectivity index (χ2n) is 3.80. The number of hydrogen-bond donors (Lipinski definition) is 1. The summed E-state index contributed by atoms with van der Waals surface area (Å²) in [4.78, 5) is 0. The van der Waals surface area contributed by atoms with Gasteiger partial charge < -0.3 is 5.73 Å². The summed E-state index contributed by atoms with van der Waals surface area (Å²) in [6.45, 7) is 9.73. The Morgan fingerprint density at radius 3 is 1.62 bits per heavy atom. The van der Waals surface area contributed by atoms with Gasteiger partial charge in [0, 0.05) is 0 Å². The van der Waals surface area contributed by atoms with Gasteiger partial charge in [-0.2, -0.15) is 0 Å². The molecule has 82 valence electrons. The van der Waals surface area contributed by atoms with Crippen molar-refractivity contribution in [1.82, 2.24) is 0 Å². The Hall–Kier alpha value is -0.0400. The summed E-state index contributed by atoms with van der Waals surface area (Å²) in [6, 6.07) is 0. The van der Waals surface area contributed by atoms with Gasteiger partial charge in [-0.1, -0.05) is 59.8 Å².